The fourth-order valence-corrected chi connectivity index (χ4v) is 6.83. The topological polar surface area (TPSA) is 0 Å². The van der Waals surface area contributed by atoms with E-state index in [4.69, 9.17) is 0 Å². The highest BCUT2D eigenvalue weighted by Crippen LogP contribution is 2.42. The third-order valence-electron chi connectivity index (χ3n) is 8.54. The molecule has 38 heavy (non-hydrogen) atoms. The standard InChI is InChI=1S/C38H22/c1-4-23-10-12-27-14-18-31(33-20-16-25(6-1)35(23)37(27)33)29-8-3-9-30(22-29)32-19-15-28-13-11-24-5-2-7-26-17-21-34(32)38(28)36(24)26/h1-22H. The highest BCUT2D eigenvalue weighted by molar-refractivity contribution is 6.27. The first-order valence-corrected chi connectivity index (χ1v) is 13.3. The summed E-state index contributed by atoms with van der Waals surface area (Å²) in [4.78, 5) is 0. The molecule has 0 heteroatoms. The Morgan fingerprint density at radius 2 is 0.605 bits per heavy atom. The third kappa shape index (κ3) is 2.64. The highest BCUT2D eigenvalue weighted by Gasteiger charge is 2.15. The number of hydrogen-bond acceptors (Lipinski definition) is 0. The molecule has 0 aliphatic heterocycles. The summed E-state index contributed by atoms with van der Waals surface area (Å²) >= 11 is 0. The van der Waals surface area contributed by atoms with Crippen LogP contribution in [-0.4, -0.2) is 0 Å². The van der Waals surface area contributed by atoms with Crippen molar-refractivity contribution in [2.24, 2.45) is 0 Å². The van der Waals surface area contributed by atoms with Gasteiger partial charge in [-0.1, -0.05) is 127 Å². The summed E-state index contributed by atoms with van der Waals surface area (Å²) in [5.74, 6) is 0. The van der Waals surface area contributed by atoms with Gasteiger partial charge in [0.05, 0.1) is 0 Å². The van der Waals surface area contributed by atoms with Crippen LogP contribution in [0.3, 0.4) is 0 Å². The lowest BCUT2D eigenvalue weighted by molar-refractivity contribution is 1.64. The Hall–Kier alpha value is -4.94. The van der Waals surface area contributed by atoms with Crippen molar-refractivity contribution in [1.82, 2.24) is 0 Å². The van der Waals surface area contributed by atoms with Gasteiger partial charge in [-0.15, -0.1) is 0 Å². The van der Waals surface area contributed by atoms with E-state index in [0.29, 0.717) is 0 Å². The summed E-state index contributed by atoms with van der Waals surface area (Å²) in [5, 5.41) is 15.9. The van der Waals surface area contributed by atoms with Gasteiger partial charge in [-0.05, 0) is 93.0 Å². The van der Waals surface area contributed by atoms with Gasteiger partial charge in [0.1, 0.15) is 0 Å². The maximum atomic E-state index is 2.37. The fraction of sp³-hybridized carbons (Fsp3) is 0. The predicted molar refractivity (Wildman–Crippen MR) is 165 cm³/mol. The molecule has 0 saturated heterocycles. The molecule has 0 aliphatic carbocycles. The lowest BCUT2D eigenvalue weighted by Gasteiger charge is -2.16. The van der Waals surface area contributed by atoms with Crippen molar-refractivity contribution in [3.05, 3.63) is 133 Å². The largest absolute Gasteiger partial charge is 0.0610 e. The van der Waals surface area contributed by atoms with Crippen molar-refractivity contribution in [2.75, 3.05) is 0 Å². The van der Waals surface area contributed by atoms with Gasteiger partial charge in [0.2, 0.25) is 0 Å². The van der Waals surface area contributed by atoms with Crippen molar-refractivity contribution in [3.63, 3.8) is 0 Å². The van der Waals surface area contributed by atoms with Gasteiger partial charge in [-0.3, -0.25) is 0 Å². The van der Waals surface area contributed by atoms with E-state index < -0.39 is 0 Å². The van der Waals surface area contributed by atoms with Gasteiger partial charge in [0.15, 0.2) is 0 Å². The van der Waals surface area contributed by atoms with Crippen LogP contribution in [0.4, 0.5) is 0 Å². The Bertz CT molecular complexity index is 2140. The second-order valence-electron chi connectivity index (χ2n) is 10.5. The smallest absolute Gasteiger partial charge is 0.00206 e. The van der Waals surface area contributed by atoms with E-state index in [2.05, 4.69) is 133 Å². The molecule has 0 bridgehead atoms. The molecule has 0 unspecified atom stereocenters. The summed E-state index contributed by atoms with van der Waals surface area (Å²) in [6.07, 6.45) is 0. The zero-order valence-electron chi connectivity index (χ0n) is 20.7. The van der Waals surface area contributed by atoms with E-state index in [1.54, 1.807) is 0 Å². The van der Waals surface area contributed by atoms with Crippen molar-refractivity contribution < 1.29 is 0 Å². The Kier molecular flexibility index (Phi) is 3.88. The number of benzene rings is 9. The normalized spacial score (nSPS) is 12.2. The van der Waals surface area contributed by atoms with Crippen LogP contribution in [-0.2, 0) is 0 Å². The van der Waals surface area contributed by atoms with E-state index in [0.717, 1.165) is 0 Å². The van der Waals surface area contributed by atoms with E-state index in [1.807, 2.05) is 0 Å². The van der Waals surface area contributed by atoms with Crippen LogP contribution in [0.25, 0.3) is 86.9 Å². The molecule has 0 fully saturated rings. The molecule has 0 aromatic heterocycles. The summed E-state index contributed by atoms with van der Waals surface area (Å²) in [7, 11) is 0. The minimum Gasteiger partial charge on any atom is -0.0610 e. The summed E-state index contributed by atoms with van der Waals surface area (Å²) in [5.41, 5.74) is 5.09. The van der Waals surface area contributed by atoms with Gasteiger partial charge >= 0.3 is 0 Å². The Morgan fingerprint density at radius 3 is 1.05 bits per heavy atom. The first kappa shape index (κ1) is 20.2. The molecule has 0 nitrogen and oxygen atoms in total. The number of hydrogen-bond donors (Lipinski definition) is 0. The molecule has 9 aromatic rings. The lowest BCUT2D eigenvalue weighted by atomic mass is 9.87. The van der Waals surface area contributed by atoms with Gasteiger partial charge < -0.3 is 0 Å². The van der Waals surface area contributed by atoms with E-state index in [1.165, 1.54) is 86.9 Å². The molecule has 0 amide bonds. The van der Waals surface area contributed by atoms with Crippen LogP contribution in [0, 0.1) is 0 Å². The number of rotatable bonds is 2. The molecular weight excluding hydrogens is 456 g/mol. The van der Waals surface area contributed by atoms with E-state index in [-0.39, 0.29) is 0 Å². The molecule has 0 spiro atoms. The Morgan fingerprint density at radius 1 is 0.263 bits per heavy atom. The third-order valence-corrected chi connectivity index (χ3v) is 8.54. The molecule has 0 N–H and O–H groups in total. The highest BCUT2D eigenvalue weighted by atomic mass is 14.2. The second kappa shape index (κ2) is 7.31. The van der Waals surface area contributed by atoms with E-state index in [9.17, 15) is 0 Å². The SMILES string of the molecule is c1cc(-c2ccc3ccc4cccc5ccc2c3c45)cc(-c2ccc3ccc4cccc5ccc2c3c45)c1. The first-order valence-electron chi connectivity index (χ1n) is 13.3. The maximum Gasteiger partial charge on any atom is -0.00206 e. The van der Waals surface area contributed by atoms with Crippen molar-refractivity contribution >= 4 is 64.6 Å². The molecule has 0 aliphatic rings. The average Bonchev–Trinajstić information content (AvgIpc) is 2.98. The van der Waals surface area contributed by atoms with Gasteiger partial charge in [-0.25, -0.2) is 0 Å². The van der Waals surface area contributed by atoms with Crippen molar-refractivity contribution in [3.8, 4) is 22.3 Å². The lowest BCUT2D eigenvalue weighted by Crippen LogP contribution is -1.89. The van der Waals surface area contributed by atoms with E-state index >= 15 is 0 Å². The summed E-state index contributed by atoms with van der Waals surface area (Å²) in [6.45, 7) is 0. The zero-order valence-corrected chi connectivity index (χ0v) is 20.7. The van der Waals surface area contributed by atoms with Crippen molar-refractivity contribution in [1.29, 1.82) is 0 Å². The first-order chi connectivity index (χ1) is 18.8. The molecule has 9 aromatic carbocycles. The fourth-order valence-electron chi connectivity index (χ4n) is 6.83. The average molecular weight is 479 g/mol. The van der Waals surface area contributed by atoms with Crippen LogP contribution < -0.4 is 0 Å². The molecule has 0 atom stereocenters. The molecule has 0 radical (unpaired) electrons. The molecule has 0 heterocycles. The quantitative estimate of drug-likeness (QED) is 0.217. The Balaban J connectivity index is 1.30. The maximum absolute atomic E-state index is 2.37. The van der Waals surface area contributed by atoms with Crippen LogP contribution >= 0.6 is 0 Å². The van der Waals surface area contributed by atoms with Crippen LogP contribution in [0.1, 0.15) is 0 Å². The van der Waals surface area contributed by atoms with Gasteiger partial charge in [0, 0.05) is 0 Å². The monoisotopic (exact) mass is 478 g/mol. The van der Waals surface area contributed by atoms with Gasteiger partial charge in [0.25, 0.3) is 0 Å². The minimum atomic E-state index is 1.26. The molecule has 0 saturated carbocycles. The molecular formula is C38H22. The van der Waals surface area contributed by atoms with Crippen LogP contribution in [0.5, 0.6) is 0 Å². The molecule has 9 rings (SSSR count). The van der Waals surface area contributed by atoms with Gasteiger partial charge in [-0.2, -0.15) is 0 Å². The second-order valence-corrected chi connectivity index (χ2v) is 10.5. The molecule has 174 valence electrons. The Labute approximate surface area is 220 Å². The summed E-state index contributed by atoms with van der Waals surface area (Å²) < 4.78 is 0. The zero-order chi connectivity index (χ0) is 24.8. The van der Waals surface area contributed by atoms with Crippen LogP contribution in [0.2, 0.25) is 0 Å². The summed E-state index contributed by atoms with van der Waals surface area (Å²) in [6, 6.07) is 49.6. The predicted octanol–water partition coefficient (Wildman–Crippen LogP) is 10.8. The minimum absolute atomic E-state index is 1.26. The van der Waals surface area contributed by atoms with Crippen LogP contribution in [0.15, 0.2) is 133 Å². The van der Waals surface area contributed by atoms with Crippen molar-refractivity contribution in [2.45, 2.75) is 0 Å².